The van der Waals surface area contributed by atoms with Gasteiger partial charge in [-0.15, -0.1) is 0 Å². The molecule has 0 heterocycles. The number of benzene rings is 2. The van der Waals surface area contributed by atoms with Crippen molar-refractivity contribution in [3.63, 3.8) is 0 Å². The van der Waals surface area contributed by atoms with E-state index in [2.05, 4.69) is 69.0 Å². The van der Waals surface area contributed by atoms with Crippen LogP contribution in [0.3, 0.4) is 0 Å². The summed E-state index contributed by atoms with van der Waals surface area (Å²) in [5, 5.41) is 0. The monoisotopic (exact) mass is 224 g/mol. The van der Waals surface area contributed by atoms with Gasteiger partial charge in [0.05, 0.1) is 0 Å². The third-order valence-electron chi connectivity index (χ3n) is 2.56. The summed E-state index contributed by atoms with van der Waals surface area (Å²) in [4.78, 5) is 0. The van der Waals surface area contributed by atoms with E-state index in [9.17, 15) is 0 Å². The summed E-state index contributed by atoms with van der Waals surface area (Å²) in [6.07, 6.45) is 2.99. The second-order valence-electron chi connectivity index (χ2n) is 3.95. The molecule has 0 amide bonds. The van der Waals surface area contributed by atoms with Crippen molar-refractivity contribution in [2.45, 2.75) is 20.3 Å². The molecule has 2 aromatic carbocycles. The zero-order valence-corrected chi connectivity index (χ0v) is 10.7. The lowest BCUT2D eigenvalue weighted by molar-refractivity contribution is 1.14. The maximum Gasteiger partial charge on any atom is -0.0262 e. The molecular weight excluding hydrogens is 204 g/mol. The molecule has 0 radical (unpaired) electrons. The third-order valence-corrected chi connectivity index (χ3v) is 2.56. The van der Waals surface area contributed by atoms with Gasteiger partial charge in [0.25, 0.3) is 0 Å². The Morgan fingerprint density at radius 3 is 1.94 bits per heavy atom. The molecule has 0 saturated heterocycles. The van der Waals surface area contributed by atoms with Gasteiger partial charge in [0.15, 0.2) is 0 Å². The Morgan fingerprint density at radius 2 is 1.53 bits per heavy atom. The van der Waals surface area contributed by atoms with Gasteiger partial charge in [-0.1, -0.05) is 79.7 Å². The molecule has 2 rings (SSSR count). The molecule has 17 heavy (non-hydrogen) atoms. The molecule has 0 atom stereocenters. The van der Waals surface area contributed by atoms with Crippen LogP contribution in [0.25, 0.3) is 6.08 Å². The van der Waals surface area contributed by atoms with Crippen LogP contribution in [0.1, 0.15) is 23.6 Å². The maximum absolute atomic E-state index is 3.66. The lowest BCUT2D eigenvalue weighted by Gasteiger charge is -1.91. The molecule has 0 unspecified atom stereocenters. The lowest BCUT2D eigenvalue weighted by Crippen LogP contribution is -1.73. The van der Waals surface area contributed by atoms with Crippen molar-refractivity contribution in [3.8, 4) is 0 Å². The molecular formula is C17H20. The van der Waals surface area contributed by atoms with E-state index in [0.717, 1.165) is 6.42 Å². The first-order valence-electron chi connectivity index (χ1n) is 5.99. The van der Waals surface area contributed by atoms with Gasteiger partial charge in [0, 0.05) is 0 Å². The Bertz CT molecular complexity index is 423. The first-order chi connectivity index (χ1) is 8.26. The molecule has 0 aliphatic carbocycles. The van der Waals surface area contributed by atoms with Crippen molar-refractivity contribution in [2.75, 3.05) is 0 Å². The second kappa shape index (κ2) is 7.45. The fourth-order valence-corrected chi connectivity index (χ4v) is 1.42. The van der Waals surface area contributed by atoms with E-state index < -0.39 is 0 Å². The van der Waals surface area contributed by atoms with Crippen LogP contribution in [-0.4, -0.2) is 0 Å². The largest absolute Gasteiger partial charge is 0.0985 e. The van der Waals surface area contributed by atoms with Crippen molar-refractivity contribution in [1.29, 1.82) is 0 Å². The zero-order valence-electron chi connectivity index (χ0n) is 10.7. The predicted molar refractivity (Wildman–Crippen MR) is 77.1 cm³/mol. The highest BCUT2D eigenvalue weighted by molar-refractivity contribution is 5.46. The van der Waals surface area contributed by atoms with Gasteiger partial charge in [0.1, 0.15) is 0 Å². The zero-order chi connectivity index (χ0) is 12.5. The molecule has 0 aliphatic heterocycles. The molecule has 0 aromatic heterocycles. The van der Waals surface area contributed by atoms with Gasteiger partial charge in [-0.3, -0.25) is 0 Å². The molecule has 0 nitrogen and oxygen atoms in total. The number of hydrogen-bond acceptors (Lipinski definition) is 0. The Labute approximate surface area is 105 Å². The Hall–Kier alpha value is -1.82. The van der Waals surface area contributed by atoms with Crippen molar-refractivity contribution < 1.29 is 0 Å². The van der Waals surface area contributed by atoms with Crippen LogP contribution < -0.4 is 0 Å². The number of hydrogen-bond donors (Lipinski definition) is 0. The van der Waals surface area contributed by atoms with Crippen molar-refractivity contribution >= 4 is 6.08 Å². The van der Waals surface area contributed by atoms with Crippen molar-refractivity contribution in [2.24, 2.45) is 0 Å². The van der Waals surface area contributed by atoms with E-state index in [-0.39, 0.29) is 0 Å². The van der Waals surface area contributed by atoms with Gasteiger partial charge in [-0.05, 0) is 24.5 Å². The molecule has 0 aliphatic rings. The predicted octanol–water partition coefficient (Wildman–Crippen LogP) is 4.89. The van der Waals surface area contributed by atoms with E-state index in [4.69, 9.17) is 0 Å². The van der Waals surface area contributed by atoms with Crippen LogP contribution in [-0.2, 0) is 6.42 Å². The van der Waals surface area contributed by atoms with Crippen LogP contribution in [0.4, 0.5) is 0 Å². The lowest BCUT2D eigenvalue weighted by atomic mass is 10.2. The summed E-state index contributed by atoms with van der Waals surface area (Å²) in [5.74, 6) is 0. The number of aryl methyl sites for hydroxylation is 2. The summed E-state index contributed by atoms with van der Waals surface area (Å²) >= 11 is 0. The minimum absolute atomic E-state index is 1.14. The summed E-state index contributed by atoms with van der Waals surface area (Å²) in [5.41, 5.74) is 3.88. The molecule has 0 heteroatoms. The van der Waals surface area contributed by atoms with Gasteiger partial charge in [-0.2, -0.15) is 0 Å². The topological polar surface area (TPSA) is 0 Å². The molecule has 0 saturated carbocycles. The van der Waals surface area contributed by atoms with Crippen LogP contribution in [0.2, 0.25) is 0 Å². The quantitative estimate of drug-likeness (QED) is 0.681. The minimum atomic E-state index is 1.14. The average Bonchev–Trinajstić information content (AvgIpc) is 2.41. The summed E-state index contributed by atoms with van der Waals surface area (Å²) in [6, 6.07) is 18.7. The van der Waals surface area contributed by atoms with Crippen LogP contribution >= 0.6 is 0 Å². The summed E-state index contributed by atoms with van der Waals surface area (Å²) in [7, 11) is 0. The first kappa shape index (κ1) is 13.2. The SMILES string of the molecule is C=Cc1ccc(C)cc1.CCc1ccccc1. The highest BCUT2D eigenvalue weighted by atomic mass is 13.9. The molecule has 0 bridgehead atoms. The first-order valence-corrected chi connectivity index (χ1v) is 5.99. The van der Waals surface area contributed by atoms with E-state index in [0.29, 0.717) is 0 Å². The van der Waals surface area contributed by atoms with Crippen LogP contribution in [0, 0.1) is 6.92 Å². The van der Waals surface area contributed by atoms with E-state index in [1.165, 1.54) is 16.7 Å². The van der Waals surface area contributed by atoms with Gasteiger partial charge in [0.2, 0.25) is 0 Å². The molecule has 0 spiro atoms. The Morgan fingerprint density at radius 1 is 0.941 bits per heavy atom. The third kappa shape index (κ3) is 5.17. The second-order valence-corrected chi connectivity index (χ2v) is 3.95. The Balaban J connectivity index is 0.000000171. The van der Waals surface area contributed by atoms with Crippen LogP contribution in [0.15, 0.2) is 61.2 Å². The maximum atomic E-state index is 3.66. The fraction of sp³-hybridized carbons (Fsp3) is 0.176. The van der Waals surface area contributed by atoms with Gasteiger partial charge < -0.3 is 0 Å². The van der Waals surface area contributed by atoms with Gasteiger partial charge >= 0.3 is 0 Å². The van der Waals surface area contributed by atoms with Crippen molar-refractivity contribution in [3.05, 3.63) is 77.9 Å². The highest BCUT2D eigenvalue weighted by Crippen LogP contribution is 2.02. The standard InChI is InChI=1S/C9H10.C8H10/c1-3-9-6-4-8(2)5-7-9;1-2-8-6-4-3-5-7-8/h3-7H,1H2,2H3;3-7H,2H2,1H3. The van der Waals surface area contributed by atoms with E-state index in [1.54, 1.807) is 0 Å². The van der Waals surface area contributed by atoms with Crippen LogP contribution in [0.5, 0.6) is 0 Å². The normalized spacial score (nSPS) is 9.06. The number of rotatable bonds is 2. The molecule has 2 aromatic rings. The smallest absolute Gasteiger partial charge is 0.0262 e. The molecule has 0 fully saturated rings. The highest BCUT2D eigenvalue weighted by Gasteiger charge is 1.82. The molecule has 88 valence electrons. The molecule has 0 N–H and O–H groups in total. The minimum Gasteiger partial charge on any atom is -0.0985 e. The van der Waals surface area contributed by atoms with Crippen molar-refractivity contribution in [1.82, 2.24) is 0 Å². The van der Waals surface area contributed by atoms with E-state index >= 15 is 0 Å². The summed E-state index contributed by atoms with van der Waals surface area (Å²) in [6.45, 7) is 7.90. The Kier molecular flexibility index (Phi) is 5.81. The average molecular weight is 224 g/mol. The fourth-order valence-electron chi connectivity index (χ4n) is 1.42. The van der Waals surface area contributed by atoms with Gasteiger partial charge in [-0.25, -0.2) is 0 Å². The summed E-state index contributed by atoms with van der Waals surface area (Å²) < 4.78 is 0. The van der Waals surface area contributed by atoms with E-state index in [1.807, 2.05) is 12.1 Å².